The van der Waals surface area contributed by atoms with Crippen molar-refractivity contribution in [3.05, 3.63) is 29.8 Å². The molecule has 0 unspecified atom stereocenters. The minimum atomic E-state index is -0.293. The van der Waals surface area contributed by atoms with Crippen molar-refractivity contribution in [2.75, 3.05) is 44.9 Å². The van der Waals surface area contributed by atoms with Gasteiger partial charge in [-0.1, -0.05) is 6.08 Å². The molecule has 1 fully saturated rings. The van der Waals surface area contributed by atoms with Crippen LogP contribution in [-0.4, -0.2) is 50.8 Å². The number of nitrogens with two attached hydrogens (primary N) is 1. The van der Waals surface area contributed by atoms with Gasteiger partial charge in [-0.3, -0.25) is 4.79 Å². The number of nitrogens with zero attached hydrogens (tertiary/aromatic N) is 2. The molecular weight excluding hydrogens is 308 g/mol. The molecule has 1 heterocycles. The molecule has 1 aliphatic heterocycles. The Hall–Kier alpha value is -2.56. The van der Waals surface area contributed by atoms with E-state index in [1.807, 2.05) is 25.1 Å². The van der Waals surface area contributed by atoms with Gasteiger partial charge in [0.05, 0.1) is 30.2 Å². The molecule has 1 saturated heterocycles. The number of carbonyl (C=O) groups is 1. The molecule has 1 aromatic rings. The van der Waals surface area contributed by atoms with E-state index in [2.05, 4.69) is 5.32 Å². The van der Waals surface area contributed by atoms with E-state index in [4.69, 9.17) is 20.5 Å². The van der Waals surface area contributed by atoms with Crippen LogP contribution in [0.4, 0.5) is 11.4 Å². The maximum absolute atomic E-state index is 12.1. The van der Waals surface area contributed by atoms with Crippen LogP contribution in [0.5, 0.6) is 5.75 Å². The van der Waals surface area contributed by atoms with Crippen molar-refractivity contribution in [1.82, 2.24) is 4.90 Å². The van der Waals surface area contributed by atoms with Crippen LogP contribution in [0, 0.1) is 11.3 Å². The van der Waals surface area contributed by atoms with Crippen LogP contribution < -0.4 is 15.8 Å². The Morgan fingerprint density at radius 2 is 2.38 bits per heavy atom. The Kier molecular flexibility index (Phi) is 6.18. The van der Waals surface area contributed by atoms with Crippen LogP contribution >= 0.6 is 0 Å². The van der Waals surface area contributed by atoms with Crippen LogP contribution in [0.3, 0.4) is 0 Å². The maximum Gasteiger partial charge on any atom is 0.248 e. The highest BCUT2D eigenvalue weighted by molar-refractivity contribution is 6.00. The second-order valence-electron chi connectivity index (χ2n) is 5.80. The number of likely N-dealkylation sites (N-methyl/N-ethyl adjacent to an activating group) is 1. The van der Waals surface area contributed by atoms with E-state index >= 15 is 0 Å². The lowest BCUT2D eigenvalue weighted by Crippen LogP contribution is -2.18. The zero-order valence-corrected chi connectivity index (χ0v) is 13.9. The SMILES string of the molecule is CN(C)CC=CC(=O)Nc1cc(C#N)c(N)cc1O[C@H]1CCOC1. The maximum atomic E-state index is 12.1. The first-order valence-corrected chi connectivity index (χ1v) is 7.70. The Bertz CT molecular complexity index is 659. The number of hydrogen-bond donors (Lipinski definition) is 2. The monoisotopic (exact) mass is 330 g/mol. The highest BCUT2D eigenvalue weighted by Gasteiger charge is 2.20. The number of nitrogen functional groups attached to an aromatic ring is 1. The largest absolute Gasteiger partial charge is 0.486 e. The number of nitrogens with one attached hydrogen (secondary N) is 1. The van der Waals surface area contributed by atoms with E-state index in [1.54, 1.807) is 12.1 Å². The lowest BCUT2D eigenvalue weighted by Gasteiger charge is -2.17. The summed E-state index contributed by atoms with van der Waals surface area (Å²) >= 11 is 0. The summed E-state index contributed by atoms with van der Waals surface area (Å²) < 4.78 is 11.2. The zero-order valence-electron chi connectivity index (χ0n) is 13.9. The number of amides is 1. The molecule has 0 saturated carbocycles. The number of ether oxygens (including phenoxy) is 2. The Morgan fingerprint density at radius 3 is 3.00 bits per heavy atom. The van der Waals surface area contributed by atoms with Gasteiger partial charge in [0.25, 0.3) is 0 Å². The molecule has 0 bridgehead atoms. The number of anilines is 2. The summed E-state index contributed by atoms with van der Waals surface area (Å²) in [6, 6.07) is 5.10. The summed E-state index contributed by atoms with van der Waals surface area (Å²) in [4.78, 5) is 14.0. The Morgan fingerprint density at radius 1 is 1.58 bits per heavy atom. The lowest BCUT2D eigenvalue weighted by molar-refractivity contribution is -0.111. The van der Waals surface area contributed by atoms with Gasteiger partial charge >= 0.3 is 0 Å². The molecule has 0 radical (unpaired) electrons. The minimum Gasteiger partial charge on any atom is -0.486 e. The van der Waals surface area contributed by atoms with Gasteiger partial charge in [0.2, 0.25) is 5.91 Å². The Labute approximate surface area is 141 Å². The van der Waals surface area contributed by atoms with E-state index < -0.39 is 0 Å². The molecule has 1 atom stereocenters. The van der Waals surface area contributed by atoms with Crippen LogP contribution in [0.2, 0.25) is 0 Å². The van der Waals surface area contributed by atoms with Gasteiger partial charge < -0.3 is 25.4 Å². The van der Waals surface area contributed by atoms with Crippen molar-refractivity contribution in [3.63, 3.8) is 0 Å². The summed E-state index contributed by atoms with van der Waals surface area (Å²) in [5.41, 5.74) is 6.88. The molecular formula is C17H22N4O3. The van der Waals surface area contributed by atoms with Crippen LogP contribution in [-0.2, 0) is 9.53 Å². The number of hydrogen-bond acceptors (Lipinski definition) is 6. The average molecular weight is 330 g/mol. The normalized spacial score (nSPS) is 17.2. The number of carbonyl (C=O) groups excluding carboxylic acids is 1. The highest BCUT2D eigenvalue weighted by atomic mass is 16.5. The highest BCUT2D eigenvalue weighted by Crippen LogP contribution is 2.32. The van der Waals surface area contributed by atoms with E-state index in [9.17, 15) is 4.79 Å². The number of nitriles is 1. The molecule has 3 N–H and O–H groups in total. The molecule has 0 spiro atoms. The predicted molar refractivity (Wildman–Crippen MR) is 91.7 cm³/mol. The molecule has 1 amide bonds. The number of rotatable bonds is 6. The zero-order chi connectivity index (χ0) is 17.5. The van der Waals surface area contributed by atoms with Gasteiger partial charge in [-0.15, -0.1) is 0 Å². The van der Waals surface area contributed by atoms with Crippen LogP contribution in [0.15, 0.2) is 24.3 Å². The first kappa shape index (κ1) is 17.8. The lowest BCUT2D eigenvalue weighted by atomic mass is 10.1. The molecule has 128 valence electrons. The van der Waals surface area contributed by atoms with Crippen molar-refractivity contribution in [1.29, 1.82) is 5.26 Å². The second kappa shape index (κ2) is 8.34. The summed E-state index contributed by atoms with van der Waals surface area (Å²) in [5.74, 6) is 0.148. The van der Waals surface area contributed by atoms with Crippen molar-refractivity contribution in [2.45, 2.75) is 12.5 Å². The fraction of sp³-hybridized carbons (Fsp3) is 0.412. The smallest absolute Gasteiger partial charge is 0.248 e. The van der Waals surface area contributed by atoms with E-state index in [1.165, 1.54) is 12.1 Å². The average Bonchev–Trinajstić information content (AvgIpc) is 3.02. The fourth-order valence-corrected chi connectivity index (χ4v) is 2.22. The van der Waals surface area contributed by atoms with Gasteiger partial charge in [-0.25, -0.2) is 0 Å². The molecule has 1 aliphatic rings. The van der Waals surface area contributed by atoms with Gasteiger partial charge in [0.15, 0.2) is 0 Å². The van der Waals surface area contributed by atoms with Crippen molar-refractivity contribution in [3.8, 4) is 11.8 Å². The van der Waals surface area contributed by atoms with E-state index in [0.29, 0.717) is 36.9 Å². The third-order valence-electron chi connectivity index (χ3n) is 3.45. The first-order chi connectivity index (χ1) is 11.5. The van der Waals surface area contributed by atoms with Gasteiger partial charge in [0, 0.05) is 25.1 Å². The van der Waals surface area contributed by atoms with Crippen molar-refractivity contribution in [2.24, 2.45) is 0 Å². The minimum absolute atomic E-state index is 0.0859. The molecule has 1 aromatic carbocycles. The molecule has 0 aliphatic carbocycles. The van der Waals surface area contributed by atoms with E-state index in [0.717, 1.165) is 6.42 Å². The van der Waals surface area contributed by atoms with Crippen molar-refractivity contribution >= 4 is 17.3 Å². The quantitative estimate of drug-likeness (QED) is 0.603. The third kappa shape index (κ3) is 4.98. The van der Waals surface area contributed by atoms with Crippen LogP contribution in [0.1, 0.15) is 12.0 Å². The van der Waals surface area contributed by atoms with Gasteiger partial charge in [-0.05, 0) is 20.2 Å². The number of benzene rings is 1. The van der Waals surface area contributed by atoms with Gasteiger partial charge in [-0.2, -0.15) is 5.26 Å². The summed E-state index contributed by atoms with van der Waals surface area (Å²) in [5, 5.41) is 11.9. The van der Waals surface area contributed by atoms with Gasteiger partial charge in [0.1, 0.15) is 17.9 Å². The van der Waals surface area contributed by atoms with Crippen molar-refractivity contribution < 1.29 is 14.3 Å². The van der Waals surface area contributed by atoms with Crippen LogP contribution in [0.25, 0.3) is 0 Å². The predicted octanol–water partition coefficient (Wildman–Crippen LogP) is 1.36. The molecule has 7 heteroatoms. The summed E-state index contributed by atoms with van der Waals surface area (Å²) in [6.07, 6.45) is 3.89. The fourth-order valence-electron chi connectivity index (χ4n) is 2.22. The standard InChI is InChI=1S/C17H22N4O3/c1-21(2)6-3-4-17(22)20-15-8-12(10-18)14(19)9-16(15)24-13-5-7-23-11-13/h3-4,8-9,13H,5-7,11,19H2,1-2H3,(H,20,22)/t13-/m0/s1. The molecule has 0 aromatic heterocycles. The third-order valence-corrected chi connectivity index (χ3v) is 3.45. The topological polar surface area (TPSA) is 101 Å². The Balaban J connectivity index is 2.17. The molecule has 7 nitrogen and oxygen atoms in total. The van der Waals surface area contributed by atoms with E-state index in [-0.39, 0.29) is 17.6 Å². The second-order valence-corrected chi connectivity index (χ2v) is 5.80. The summed E-state index contributed by atoms with van der Waals surface area (Å²) in [7, 11) is 3.83. The molecule has 24 heavy (non-hydrogen) atoms. The summed E-state index contributed by atoms with van der Waals surface area (Å²) in [6.45, 7) is 1.79. The molecule has 2 rings (SSSR count). The first-order valence-electron chi connectivity index (χ1n) is 7.70.